The number of para-hydroxylation sites is 1. The molecule has 28 heavy (non-hydrogen) atoms. The Bertz CT molecular complexity index is 987. The zero-order valence-electron chi connectivity index (χ0n) is 15.4. The largest absolute Gasteiger partial charge is 0.348 e. The van der Waals surface area contributed by atoms with Gasteiger partial charge in [0.1, 0.15) is 5.82 Å². The van der Waals surface area contributed by atoms with E-state index < -0.39 is 0 Å². The fourth-order valence-corrected chi connectivity index (χ4v) is 2.72. The Morgan fingerprint density at radius 3 is 2.36 bits per heavy atom. The third kappa shape index (κ3) is 4.79. The summed E-state index contributed by atoms with van der Waals surface area (Å²) in [5.41, 5.74) is 3.10. The standard InChI is InChI=1S/C22H20FN3O2/c1-2-16-5-3-4-6-20(16)26-22(28)18-11-17(13-24-14-18)21(27)25-12-15-7-9-19(23)10-8-15/h3-11,13-14H,2,12H2,1H3,(H,25,27)(H,26,28). The number of carbonyl (C=O) groups is 2. The van der Waals surface area contributed by atoms with Gasteiger partial charge in [-0.25, -0.2) is 4.39 Å². The average molecular weight is 377 g/mol. The highest BCUT2D eigenvalue weighted by atomic mass is 19.1. The van der Waals surface area contributed by atoms with E-state index >= 15 is 0 Å². The first-order valence-corrected chi connectivity index (χ1v) is 8.93. The van der Waals surface area contributed by atoms with Crippen molar-refractivity contribution in [3.05, 3.63) is 95.1 Å². The highest BCUT2D eigenvalue weighted by Gasteiger charge is 2.13. The molecule has 0 fully saturated rings. The minimum atomic E-state index is -0.361. The van der Waals surface area contributed by atoms with Crippen LogP contribution in [0.25, 0.3) is 0 Å². The summed E-state index contributed by atoms with van der Waals surface area (Å²) in [4.78, 5) is 28.9. The van der Waals surface area contributed by atoms with Gasteiger partial charge in [-0.15, -0.1) is 0 Å². The van der Waals surface area contributed by atoms with Crippen LogP contribution >= 0.6 is 0 Å². The van der Waals surface area contributed by atoms with E-state index in [1.807, 2.05) is 31.2 Å². The molecule has 0 bridgehead atoms. The molecule has 5 nitrogen and oxygen atoms in total. The number of amides is 2. The van der Waals surface area contributed by atoms with Gasteiger partial charge < -0.3 is 10.6 Å². The smallest absolute Gasteiger partial charge is 0.257 e. The van der Waals surface area contributed by atoms with Crippen molar-refractivity contribution in [1.29, 1.82) is 0 Å². The number of hydrogen-bond donors (Lipinski definition) is 2. The molecule has 6 heteroatoms. The molecule has 0 atom stereocenters. The van der Waals surface area contributed by atoms with Crippen LogP contribution in [0.5, 0.6) is 0 Å². The van der Waals surface area contributed by atoms with E-state index in [-0.39, 0.29) is 29.7 Å². The lowest BCUT2D eigenvalue weighted by Crippen LogP contribution is -2.23. The zero-order valence-corrected chi connectivity index (χ0v) is 15.4. The summed E-state index contributed by atoms with van der Waals surface area (Å²) < 4.78 is 12.9. The average Bonchev–Trinajstić information content (AvgIpc) is 2.73. The van der Waals surface area contributed by atoms with Crippen molar-refractivity contribution in [1.82, 2.24) is 10.3 Å². The van der Waals surface area contributed by atoms with Gasteiger partial charge in [-0.05, 0) is 41.8 Å². The maximum Gasteiger partial charge on any atom is 0.257 e. The normalized spacial score (nSPS) is 10.4. The Morgan fingerprint density at radius 1 is 0.964 bits per heavy atom. The molecule has 2 amide bonds. The quantitative estimate of drug-likeness (QED) is 0.683. The van der Waals surface area contributed by atoms with Crippen LogP contribution < -0.4 is 10.6 Å². The monoisotopic (exact) mass is 377 g/mol. The first kappa shape index (κ1) is 19.2. The molecule has 1 heterocycles. The van der Waals surface area contributed by atoms with E-state index in [4.69, 9.17) is 0 Å². The number of aromatic nitrogens is 1. The molecule has 0 aliphatic carbocycles. The summed E-state index contributed by atoms with van der Waals surface area (Å²) in [7, 11) is 0. The van der Waals surface area contributed by atoms with Gasteiger partial charge in [-0.1, -0.05) is 37.3 Å². The molecular weight excluding hydrogens is 357 g/mol. The second-order valence-corrected chi connectivity index (χ2v) is 6.24. The summed E-state index contributed by atoms with van der Waals surface area (Å²) >= 11 is 0. The topological polar surface area (TPSA) is 71.1 Å². The molecular formula is C22H20FN3O2. The van der Waals surface area contributed by atoms with Crippen LogP contribution in [0.1, 0.15) is 38.8 Å². The molecule has 2 N–H and O–H groups in total. The van der Waals surface area contributed by atoms with Crippen molar-refractivity contribution < 1.29 is 14.0 Å². The Hall–Kier alpha value is -3.54. The predicted octanol–water partition coefficient (Wildman–Crippen LogP) is 3.97. The first-order valence-electron chi connectivity index (χ1n) is 8.93. The SMILES string of the molecule is CCc1ccccc1NC(=O)c1cncc(C(=O)NCc2ccc(F)cc2)c1. The van der Waals surface area contributed by atoms with Gasteiger partial charge in [-0.3, -0.25) is 14.6 Å². The molecule has 3 aromatic rings. The number of pyridine rings is 1. The minimum absolute atomic E-state index is 0.249. The molecule has 0 unspecified atom stereocenters. The van der Waals surface area contributed by atoms with E-state index in [1.165, 1.54) is 30.6 Å². The van der Waals surface area contributed by atoms with Gasteiger partial charge in [0.15, 0.2) is 0 Å². The number of anilines is 1. The molecule has 0 aliphatic heterocycles. The Morgan fingerprint density at radius 2 is 1.64 bits per heavy atom. The van der Waals surface area contributed by atoms with Crippen LogP contribution in [0.2, 0.25) is 0 Å². The summed E-state index contributed by atoms with van der Waals surface area (Å²) in [6.07, 6.45) is 3.61. The molecule has 0 saturated heterocycles. The number of halogens is 1. The Balaban J connectivity index is 1.68. The van der Waals surface area contributed by atoms with Gasteiger partial charge in [-0.2, -0.15) is 0 Å². The van der Waals surface area contributed by atoms with E-state index in [9.17, 15) is 14.0 Å². The fraction of sp³-hybridized carbons (Fsp3) is 0.136. The third-order valence-corrected chi connectivity index (χ3v) is 4.28. The maximum atomic E-state index is 12.9. The lowest BCUT2D eigenvalue weighted by atomic mass is 10.1. The van der Waals surface area contributed by atoms with Gasteiger partial charge >= 0.3 is 0 Å². The van der Waals surface area contributed by atoms with Crippen LogP contribution in [-0.4, -0.2) is 16.8 Å². The molecule has 0 radical (unpaired) electrons. The number of nitrogens with zero attached hydrogens (tertiary/aromatic N) is 1. The number of aryl methyl sites for hydroxylation is 1. The number of benzene rings is 2. The lowest BCUT2D eigenvalue weighted by molar-refractivity contribution is 0.0950. The van der Waals surface area contributed by atoms with Crippen LogP contribution in [0, 0.1) is 5.82 Å². The van der Waals surface area contributed by atoms with E-state index in [0.29, 0.717) is 5.56 Å². The van der Waals surface area contributed by atoms with Gasteiger partial charge in [0.25, 0.3) is 11.8 Å². The molecule has 142 valence electrons. The van der Waals surface area contributed by atoms with Crippen molar-refractivity contribution in [3.63, 3.8) is 0 Å². The highest BCUT2D eigenvalue weighted by molar-refractivity contribution is 6.06. The first-order chi connectivity index (χ1) is 13.6. The molecule has 3 rings (SSSR count). The summed E-state index contributed by atoms with van der Waals surface area (Å²) in [6.45, 7) is 2.26. The van der Waals surface area contributed by atoms with Crippen molar-refractivity contribution >= 4 is 17.5 Å². The summed E-state index contributed by atoms with van der Waals surface area (Å²) in [5.74, 6) is -1.02. The Labute approximate surface area is 162 Å². The number of rotatable bonds is 6. The molecule has 0 spiro atoms. The van der Waals surface area contributed by atoms with Crippen molar-refractivity contribution in [2.24, 2.45) is 0 Å². The van der Waals surface area contributed by atoms with Crippen molar-refractivity contribution in [2.75, 3.05) is 5.32 Å². The van der Waals surface area contributed by atoms with Crippen molar-refractivity contribution in [2.45, 2.75) is 19.9 Å². The van der Waals surface area contributed by atoms with Crippen LogP contribution in [0.15, 0.2) is 67.0 Å². The molecule has 0 aliphatic rings. The van der Waals surface area contributed by atoms with Crippen molar-refractivity contribution in [3.8, 4) is 0 Å². The van der Waals surface area contributed by atoms with Gasteiger partial charge in [0.2, 0.25) is 0 Å². The van der Waals surface area contributed by atoms with Crippen LogP contribution in [-0.2, 0) is 13.0 Å². The predicted molar refractivity (Wildman–Crippen MR) is 106 cm³/mol. The second-order valence-electron chi connectivity index (χ2n) is 6.24. The van der Waals surface area contributed by atoms with Crippen LogP contribution in [0.3, 0.4) is 0 Å². The van der Waals surface area contributed by atoms with E-state index in [1.54, 1.807) is 12.1 Å². The molecule has 2 aromatic carbocycles. The number of nitrogens with one attached hydrogen (secondary N) is 2. The number of hydrogen-bond acceptors (Lipinski definition) is 3. The molecule has 0 saturated carbocycles. The lowest BCUT2D eigenvalue weighted by Gasteiger charge is -2.10. The van der Waals surface area contributed by atoms with Crippen LogP contribution in [0.4, 0.5) is 10.1 Å². The molecule has 1 aromatic heterocycles. The summed E-state index contributed by atoms with van der Waals surface area (Å²) in [6, 6.07) is 14.9. The minimum Gasteiger partial charge on any atom is -0.348 e. The number of carbonyl (C=O) groups excluding carboxylic acids is 2. The van der Waals surface area contributed by atoms with E-state index in [0.717, 1.165) is 23.2 Å². The summed E-state index contributed by atoms with van der Waals surface area (Å²) in [5, 5.41) is 5.60. The zero-order chi connectivity index (χ0) is 19.9. The highest BCUT2D eigenvalue weighted by Crippen LogP contribution is 2.17. The fourth-order valence-electron chi connectivity index (χ4n) is 2.72. The Kier molecular flexibility index (Phi) is 6.11. The second kappa shape index (κ2) is 8.90. The van der Waals surface area contributed by atoms with E-state index in [2.05, 4.69) is 15.6 Å². The van der Waals surface area contributed by atoms with Gasteiger partial charge in [0, 0.05) is 24.6 Å². The van der Waals surface area contributed by atoms with Gasteiger partial charge in [0.05, 0.1) is 11.1 Å². The maximum absolute atomic E-state index is 12.9. The third-order valence-electron chi connectivity index (χ3n) is 4.28.